The van der Waals surface area contributed by atoms with E-state index in [0.29, 0.717) is 27.8 Å². The predicted octanol–water partition coefficient (Wildman–Crippen LogP) is 4.22. The van der Waals surface area contributed by atoms with Gasteiger partial charge in [0.25, 0.3) is 5.91 Å². The number of rotatable bonds is 4. The molecule has 1 aliphatic heterocycles. The first-order valence-corrected chi connectivity index (χ1v) is 9.63. The molecule has 0 radical (unpaired) electrons. The Balaban J connectivity index is 1.70. The fourth-order valence-corrected chi connectivity index (χ4v) is 3.79. The van der Waals surface area contributed by atoms with E-state index in [1.807, 2.05) is 6.07 Å². The maximum atomic E-state index is 13.6. The van der Waals surface area contributed by atoms with Gasteiger partial charge in [-0.05, 0) is 62.6 Å². The molecule has 1 fully saturated rings. The Labute approximate surface area is 167 Å². The number of nitrogens with two attached hydrogens (primary N) is 1. The van der Waals surface area contributed by atoms with Gasteiger partial charge in [-0.3, -0.25) is 9.59 Å². The molecule has 0 spiro atoms. The van der Waals surface area contributed by atoms with Gasteiger partial charge in [-0.25, -0.2) is 4.39 Å². The first kappa shape index (κ1) is 19.0. The summed E-state index contributed by atoms with van der Waals surface area (Å²) in [6.45, 7) is 3.47. The van der Waals surface area contributed by atoms with E-state index >= 15 is 0 Å². The molecule has 2 aromatic carbocycles. The van der Waals surface area contributed by atoms with Crippen LogP contribution >= 0.6 is 0 Å². The third-order valence-corrected chi connectivity index (χ3v) is 5.33. The minimum absolute atomic E-state index is 0.111. The van der Waals surface area contributed by atoms with Crippen molar-refractivity contribution in [3.05, 3.63) is 59.1 Å². The van der Waals surface area contributed by atoms with Gasteiger partial charge in [-0.1, -0.05) is 0 Å². The molecule has 2 amide bonds. The van der Waals surface area contributed by atoms with Crippen LogP contribution in [0.2, 0.25) is 0 Å². The SMILES string of the molecule is Cc1c(C(=O)Nc2cc(C(N)=O)ccc2N2CCCCC2)oc2ccc(F)cc12. The number of nitrogens with zero attached hydrogens (tertiary/aromatic N) is 1. The summed E-state index contributed by atoms with van der Waals surface area (Å²) >= 11 is 0. The lowest BCUT2D eigenvalue weighted by atomic mass is 10.1. The van der Waals surface area contributed by atoms with Gasteiger partial charge in [0.15, 0.2) is 5.76 Å². The number of benzene rings is 2. The van der Waals surface area contributed by atoms with E-state index in [2.05, 4.69) is 10.2 Å². The third-order valence-electron chi connectivity index (χ3n) is 5.33. The van der Waals surface area contributed by atoms with E-state index in [9.17, 15) is 14.0 Å². The summed E-state index contributed by atoms with van der Waals surface area (Å²) in [5.74, 6) is -1.31. The summed E-state index contributed by atoms with van der Waals surface area (Å²) in [6.07, 6.45) is 3.31. The number of aryl methyl sites for hydroxylation is 1. The second-order valence-electron chi connectivity index (χ2n) is 7.29. The Morgan fingerprint density at radius 3 is 2.59 bits per heavy atom. The first-order valence-electron chi connectivity index (χ1n) is 9.63. The molecule has 1 aromatic heterocycles. The third kappa shape index (κ3) is 3.68. The number of furan rings is 1. The van der Waals surface area contributed by atoms with Crippen LogP contribution in [0, 0.1) is 12.7 Å². The molecule has 4 rings (SSSR count). The zero-order valence-corrected chi connectivity index (χ0v) is 16.1. The topological polar surface area (TPSA) is 88.6 Å². The van der Waals surface area contributed by atoms with Crippen LogP contribution in [0.5, 0.6) is 0 Å². The average molecular weight is 395 g/mol. The van der Waals surface area contributed by atoms with Crippen LogP contribution in [-0.2, 0) is 0 Å². The highest BCUT2D eigenvalue weighted by Crippen LogP contribution is 2.32. The number of hydrogen-bond acceptors (Lipinski definition) is 4. The number of carbonyl (C=O) groups excluding carboxylic acids is 2. The molecule has 0 saturated carbocycles. The maximum Gasteiger partial charge on any atom is 0.291 e. The lowest BCUT2D eigenvalue weighted by Gasteiger charge is -2.30. The van der Waals surface area contributed by atoms with Crippen molar-refractivity contribution < 1.29 is 18.4 Å². The summed E-state index contributed by atoms with van der Waals surface area (Å²) in [5, 5.41) is 3.41. The molecule has 29 heavy (non-hydrogen) atoms. The number of piperidine rings is 1. The molecule has 7 heteroatoms. The van der Waals surface area contributed by atoms with Crippen molar-refractivity contribution in [2.24, 2.45) is 5.73 Å². The van der Waals surface area contributed by atoms with Gasteiger partial charge in [0.05, 0.1) is 11.4 Å². The molecule has 0 bridgehead atoms. The smallest absolute Gasteiger partial charge is 0.291 e. The summed E-state index contributed by atoms with van der Waals surface area (Å²) in [7, 11) is 0. The average Bonchev–Trinajstić information content (AvgIpc) is 3.04. The van der Waals surface area contributed by atoms with E-state index < -0.39 is 17.6 Å². The van der Waals surface area contributed by atoms with Gasteiger partial charge in [-0.2, -0.15) is 0 Å². The van der Waals surface area contributed by atoms with Crippen LogP contribution in [0.1, 0.15) is 45.7 Å². The number of halogens is 1. The number of amides is 2. The summed E-state index contributed by atoms with van der Waals surface area (Å²) < 4.78 is 19.2. The number of anilines is 2. The normalized spacial score (nSPS) is 14.2. The van der Waals surface area contributed by atoms with Crippen LogP contribution in [0.15, 0.2) is 40.8 Å². The fourth-order valence-electron chi connectivity index (χ4n) is 3.79. The van der Waals surface area contributed by atoms with Gasteiger partial charge in [0, 0.05) is 29.6 Å². The monoisotopic (exact) mass is 395 g/mol. The zero-order valence-electron chi connectivity index (χ0n) is 16.1. The van der Waals surface area contributed by atoms with Crippen molar-refractivity contribution in [2.75, 3.05) is 23.3 Å². The van der Waals surface area contributed by atoms with E-state index in [0.717, 1.165) is 31.6 Å². The van der Waals surface area contributed by atoms with Crippen molar-refractivity contribution in [2.45, 2.75) is 26.2 Å². The number of carbonyl (C=O) groups is 2. The Morgan fingerprint density at radius 1 is 1.10 bits per heavy atom. The van der Waals surface area contributed by atoms with Crippen LogP contribution in [0.3, 0.4) is 0 Å². The molecule has 3 aromatic rings. The van der Waals surface area contributed by atoms with E-state index in [1.165, 1.54) is 24.6 Å². The largest absolute Gasteiger partial charge is 0.451 e. The molecule has 0 atom stereocenters. The van der Waals surface area contributed by atoms with Crippen molar-refractivity contribution in [3.63, 3.8) is 0 Å². The molecular weight excluding hydrogens is 373 g/mol. The predicted molar refractivity (Wildman–Crippen MR) is 110 cm³/mol. The second-order valence-corrected chi connectivity index (χ2v) is 7.29. The molecule has 150 valence electrons. The number of fused-ring (bicyclic) bond motifs is 1. The Kier molecular flexibility index (Phi) is 4.96. The molecule has 1 saturated heterocycles. The second kappa shape index (κ2) is 7.58. The molecule has 3 N–H and O–H groups in total. The quantitative estimate of drug-likeness (QED) is 0.692. The standard InChI is InChI=1S/C22H22FN3O3/c1-13-16-12-15(23)6-8-19(16)29-20(13)22(28)25-17-11-14(21(24)27)5-7-18(17)26-9-3-2-4-10-26/h5-8,11-12H,2-4,9-10H2,1H3,(H2,24,27)(H,25,28). The molecule has 1 aliphatic rings. The summed E-state index contributed by atoms with van der Waals surface area (Å²) in [5.41, 5.74) is 8.07. The minimum atomic E-state index is -0.568. The minimum Gasteiger partial charge on any atom is -0.451 e. The van der Waals surface area contributed by atoms with Gasteiger partial charge < -0.3 is 20.4 Å². The fraction of sp³-hybridized carbons (Fsp3) is 0.273. The van der Waals surface area contributed by atoms with E-state index in [-0.39, 0.29) is 5.76 Å². The van der Waals surface area contributed by atoms with Crippen LogP contribution in [-0.4, -0.2) is 24.9 Å². The molecular formula is C22H22FN3O3. The van der Waals surface area contributed by atoms with Gasteiger partial charge in [0.1, 0.15) is 11.4 Å². The lowest BCUT2D eigenvalue weighted by Crippen LogP contribution is -2.30. The zero-order chi connectivity index (χ0) is 20.5. The number of primary amides is 1. The highest BCUT2D eigenvalue weighted by Gasteiger charge is 2.22. The Hall–Kier alpha value is -3.35. The number of nitrogens with one attached hydrogen (secondary N) is 1. The van der Waals surface area contributed by atoms with Crippen molar-refractivity contribution in [1.29, 1.82) is 0 Å². The summed E-state index contributed by atoms with van der Waals surface area (Å²) in [4.78, 5) is 26.8. The lowest BCUT2D eigenvalue weighted by molar-refractivity contribution is 0.0989. The summed E-state index contributed by atoms with van der Waals surface area (Å²) in [6, 6.07) is 9.19. The van der Waals surface area contributed by atoms with Crippen molar-refractivity contribution in [3.8, 4) is 0 Å². The van der Waals surface area contributed by atoms with Crippen LogP contribution < -0.4 is 16.0 Å². The molecule has 2 heterocycles. The van der Waals surface area contributed by atoms with Crippen LogP contribution in [0.4, 0.5) is 15.8 Å². The Bertz CT molecular complexity index is 1100. The van der Waals surface area contributed by atoms with Crippen molar-refractivity contribution in [1.82, 2.24) is 0 Å². The highest BCUT2D eigenvalue weighted by atomic mass is 19.1. The molecule has 6 nitrogen and oxygen atoms in total. The van der Waals surface area contributed by atoms with Gasteiger partial charge in [-0.15, -0.1) is 0 Å². The van der Waals surface area contributed by atoms with Gasteiger partial charge >= 0.3 is 0 Å². The highest BCUT2D eigenvalue weighted by molar-refractivity contribution is 6.08. The van der Waals surface area contributed by atoms with E-state index in [1.54, 1.807) is 19.1 Å². The van der Waals surface area contributed by atoms with Gasteiger partial charge in [0.2, 0.25) is 5.91 Å². The maximum absolute atomic E-state index is 13.6. The molecule has 0 unspecified atom stereocenters. The van der Waals surface area contributed by atoms with Crippen molar-refractivity contribution >= 4 is 34.2 Å². The Morgan fingerprint density at radius 2 is 1.86 bits per heavy atom. The first-order chi connectivity index (χ1) is 13.9. The van der Waals surface area contributed by atoms with Crippen LogP contribution in [0.25, 0.3) is 11.0 Å². The van der Waals surface area contributed by atoms with E-state index in [4.69, 9.17) is 10.2 Å². The molecule has 0 aliphatic carbocycles. The number of hydrogen-bond donors (Lipinski definition) is 2.